The van der Waals surface area contributed by atoms with Gasteiger partial charge in [-0.05, 0) is 41.0 Å². The third-order valence-electron chi connectivity index (χ3n) is 6.40. The van der Waals surface area contributed by atoms with Gasteiger partial charge in [0, 0.05) is 30.4 Å². The molecule has 2 amide bonds. The van der Waals surface area contributed by atoms with E-state index in [2.05, 4.69) is 4.98 Å². The van der Waals surface area contributed by atoms with Crippen molar-refractivity contribution in [3.8, 4) is 11.1 Å². The zero-order chi connectivity index (χ0) is 22.2. The van der Waals surface area contributed by atoms with E-state index in [1.807, 2.05) is 36.4 Å². The Bertz CT molecular complexity index is 1150. The predicted octanol–water partition coefficient (Wildman–Crippen LogP) is 2.70. The molecule has 3 aromatic rings. The van der Waals surface area contributed by atoms with E-state index in [4.69, 9.17) is 0 Å². The molecule has 0 unspecified atom stereocenters. The molecule has 3 heterocycles. The molecule has 6 nitrogen and oxygen atoms in total. The van der Waals surface area contributed by atoms with E-state index < -0.39 is 5.82 Å². The minimum absolute atomic E-state index is 0.0744. The molecule has 162 valence electrons. The normalized spacial score (nSPS) is 22.3. The van der Waals surface area contributed by atoms with Crippen LogP contribution < -0.4 is 0 Å². The van der Waals surface area contributed by atoms with Crippen LogP contribution in [0.1, 0.15) is 21.8 Å². The molecule has 0 spiro atoms. The molecule has 0 radical (unpaired) electrons. The highest BCUT2D eigenvalue weighted by atomic mass is 19.1. The molecule has 3 atom stereocenters. The van der Waals surface area contributed by atoms with Gasteiger partial charge in [0.1, 0.15) is 12.4 Å². The van der Waals surface area contributed by atoms with Crippen LogP contribution >= 0.6 is 0 Å². The lowest BCUT2D eigenvalue weighted by Gasteiger charge is -2.58. The largest absolute Gasteiger partial charge is 0.394 e. The molecule has 2 fully saturated rings. The van der Waals surface area contributed by atoms with Crippen LogP contribution in [0.15, 0.2) is 73.1 Å². The van der Waals surface area contributed by atoms with Crippen molar-refractivity contribution >= 4 is 11.8 Å². The topological polar surface area (TPSA) is 73.7 Å². The average molecular weight is 431 g/mol. The molecule has 7 heteroatoms. The summed E-state index contributed by atoms with van der Waals surface area (Å²) in [7, 11) is 0. The summed E-state index contributed by atoms with van der Waals surface area (Å²) in [5, 5.41) is 9.97. The number of aliphatic hydroxyl groups is 1. The average Bonchev–Trinajstić information content (AvgIpc) is 2.81. The highest BCUT2D eigenvalue weighted by molar-refractivity contribution is 5.97. The van der Waals surface area contributed by atoms with E-state index in [0.717, 1.165) is 16.7 Å². The van der Waals surface area contributed by atoms with Crippen molar-refractivity contribution in [2.45, 2.75) is 18.0 Å². The Morgan fingerprint density at radius 2 is 1.91 bits per heavy atom. The van der Waals surface area contributed by atoms with E-state index >= 15 is 0 Å². The van der Waals surface area contributed by atoms with Gasteiger partial charge in [0.25, 0.3) is 5.91 Å². The standard InChI is InChI=1S/C25H22FN3O3/c26-20-5-1-3-18(11-20)25(32)28-13-21-24(22(15-30)29(21)23(31)14-28)17-8-6-16(7-9-17)19-4-2-10-27-12-19/h1-12,21-22,24,30H,13-15H2/t21-,22+,24-/m0/s1. The maximum atomic E-state index is 13.6. The van der Waals surface area contributed by atoms with Crippen LogP contribution in [0.3, 0.4) is 0 Å². The Morgan fingerprint density at radius 1 is 1.09 bits per heavy atom. The zero-order valence-corrected chi connectivity index (χ0v) is 17.3. The highest BCUT2D eigenvalue weighted by Crippen LogP contribution is 2.43. The van der Waals surface area contributed by atoms with Crippen molar-refractivity contribution in [2.24, 2.45) is 0 Å². The molecule has 5 rings (SSSR count). The molecule has 2 aliphatic heterocycles. The summed E-state index contributed by atoms with van der Waals surface area (Å²) in [6.45, 7) is 0.122. The first-order chi connectivity index (χ1) is 15.6. The van der Waals surface area contributed by atoms with E-state index in [9.17, 15) is 19.1 Å². The fraction of sp³-hybridized carbons (Fsp3) is 0.240. The van der Waals surface area contributed by atoms with E-state index in [0.29, 0.717) is 6.54 Å². The van der Waals surface area contributed by atoms with Gasteiger partial charge < -0.3 is 14.9 Å². The van der Waals surface area contributed by atoms with Gasteiger partial charge in [-0.2, -0.15) is 0 Å². The van der Waals surface area contributed by atoms with E-state index in [-0.39, 0.29) is 48.5 Å². The Labute approximate surface area is 184 Å². The molecule has 2 aliphatic rings. The number of amides is 2. The SMILES string of the molecule is O=C(c1cccc(F)c1)N1CC(=O)N2[C@H](CO)[C@@H](c3ccc(-c4cccnc4)cc3)[C@@H]2C1. The summed E-state index contributed by atoms with van der Waals surface area (Å²) < 4.78 is 13.6. The number of benzene rings is 2. The number of carbonyl (C=O) groups excluding carboxylic acids is 2. The second-order valence-electron chi connectivity index (χ2n) is 8.20. The van der Waals surface area contributed by atoms with Gasteiger partial charge in [0.05, 0.1) is 18.7 Å². The first-order valence-corrected chi connectivity index (χ1v) is 10.5. The van der Waals surface area contributed by atoms with E-state index in [1.54, 1.807) is 23.4 Å². The Morgan fingerprint density at radius 3 is 2.59 bits per heavy atom. The van der Waals surface area contributed by atoms with Crippen LogP contribution in [-0.2, 0) is 4.79 Å². The van der Waals surface area contributed by atoms with Crippen LogP contribution in [0.25, 0.3) is 11.1 Å². The van der Waals surface area contributed by atoms with Gasteiger partial charge in [0.2, 0.25) is 5.91 Å². The summed E-state index contributed by atoms with van der Waals surface area (Å²) in [4.78, 5) is 33.0. The molecule has 2 aromatic carbocycles. The van der Waals surface area contributed by atoms with Crippen molar-refractivity contribution in [3.63, 3.8) is 0 Å². The molecule has 0 bridgehead atoms. The first kappa shape index (κ1) is 20.3. The lowest BCUT2D eigenvalue weighted by Crippen LogP contribution is -2.73. The number of nitrogens with zero attached hydrogens (tertiary/aromatic N) is 3. The van der Waals surface area contributed by atoms with Gasteiger partial charge in [-0.25, -0.2) is 4.39 Å². The van der Waals surface area contributed by atoms with Crippen molar-refractivity contribution in [3.05, 3.63) is 90.0 Å². The summed E-state index contributed by atoms with van der Waals surface area (Å²) in [5.74, 6) is -1.14. The summed E-state index contributed by atoms with van der Waals surface area (Å²) in [5.41, 5.74) is 3.27. The molecular formula is C25H22FN3O3. The number of piperazine rings is 1. The Kier molecular flexibility index (Phi) is 5.19. The van der Waals surface area contributed by atoms with Crippen LogP contribution in [0, 0.1) is 5.82 Å². The second-order valence-corrected chi connectivity index (χ2v) is 8.20. The summed E-state index contributed by atoms with van der Waals surface area (Å²) in [6, 6.07) is 16.8. The molecule has 1 N–H and O–H groups in total. The van der Waals surface area contributed by atoms with Gasteiger partial charge in [-0.3, -0.25) is 14.6 Å². The lowest BCUT2D eigenvalue weighted by atomic mass is 9.73. The van der Waals surface area contributed by atoms with E-state index in [1.165, 1.54) is 23.1 Å². The van der Waals surface area contributed by atoms with Crippen LogP contribution in [0.2, 0.25) is 0 Å². The summed E-state index contributed by atoms with van der Waals surface area (Å²) >= 11 is 0. The molecule has 1 aromatic heterocycles. The summed E-state index contributed by atoms with van der Waals surface area (Å²) in [6.07, 6.45) is 3.52. The number of carbonyl (C=O) groups is 2. The maximum Gasteiger partial charge on any atom is 0.254 e. The Balaban J connectivity index is 1.39. The van der Waals surface area contributed by atoms with Crippen molar-refractivity contribution < 1.29 is 19.1 Å². The van der Waals surface area contributed by atoms with Gasteiger partial charge in [0.15, 0.2) is 0 Å². The van der Waals surface area contributed by atoms with Gasteiger partial charge in [-0.1, -0.05) is 36.4 Å². The second kappa shape index (κ2) is 8.16. The molecular weight excluding hydrogens is 409 g/mol. The zero-order valence-electron chi connectivity index (χ0n) is 17.3. The van der Waals surface area contributed by atoms with Gasteiger partial charge in [-0.15, -0.1) is 0 Å². The van der Waals surface area contributed by atoms with Crippen molar-refractivity contribution in [1.82, 2.24) is 14.8 Å². The molecule has 0 saturated carbocycles. The van der Waals surface area contributed by atoms with Crippen LogP contribution in [0.5, 0.6) is 0 Å². The molecule has 0 aliphatic carbocycles. The van der Waals surface area contributed by atoms with Crippen LogP contribution in [-0.4, -0.2) is 63.5 Å². The Hall–Kier alpha value is -3.58. The fourth-order valence-electron chi connectivity index (χ4n) is 4.89. The van der Waals surface area contributed by atoms with Gasteiger partial charge >= 0.3 is 0 Å². The van der Waals surface area contributed by atoms with Crippen molar-refractivity contribution in [2.75, 3.05) is 19.7 Å². The third kappa shape index (κ3) is 3.44. The molecule has 32 heavy (non-hydrogen) atoms. The fourth-order valence-corrected chi connectivity index (χ4v) is 4.89. The number of hydrogen-bond donors (Lipinski definition) is 1. The number of rotatable bonds is 4. The predicted molar refractivity (Wildman–Crippen MR) is 116 cm³/mol. The smallest absolute Gasteiger partial charge is 0.254 e. The lowest BCUT2D eigenvalue weighted by molar-refractivity contribution is -0.159. The molecule has 2 saturated heterocycles. The minimum atomic E-state index is -0.489. The number of halogens is 1. The number of aromatic nitrogens is 1. The third-order valence-corrected chi connectivity index (χ3v) is 6.40. The monoisotopic (exact) mass is 431 g/mol. The minimum Gasteiger partial charge on any atom is -0.394 e. The number of hydrogen-bond acceptors (Lipinski definition) is 4. The number of fused-ring (bicyclic) bond motifs is 1. The number of aliphatic hydroxyl groups excluding tert-OH is 1. The maximum absolute atomic E-state index is 13.6. The first-order valence-electron chi connectivity index (χ1n) is 10.5. The highest BCUT2D eigenvalue weighted by Gasteiger charge is 2.54. The van der Waals surface area contributed by atoms with Crippen LogP contribution in [0.4, 0.5) is 4.39 Å². The van der Waals surface area contributed by atoms with Crippen molar-refractivity contribution in [1.29, 1.82) is 0 Å². The quantitative estimate of drug-likeness (QED) is 0.690. The number of pyridine rings is 1.